The third kappa shape index (κ3) is 4.18. The van der Waals surface area contributed by atoms with E-state index in [1.807, 2.05) is 6.07 Å². The summed E-state index contributed by atoms with van der Waals surface area (Å²) in [7, 11) is 0. The number of carbonyl (C=O) groups excluding carboxylic acids is 1. The first-order valence-electron chi connectivity index (χ1n) is 9.61. The van der Waals surface area contributed by atoms with Crippen LogP contribution >= 0.6 is 11.6 Å². The van der Waals surface area contributed by atoms with Crippen LogP contribution in [-0.2, 0) is 0 Å². The molecule has 0 unspecified atom stereocenters. The molecule has 0 spiro atoms. The average Bonchev–Trinajstić information content (AvgIpc) is 2.75. The number of halogens is 2. The van der Waals surface area contributed by atoms with Gasteiger partial charge in [0.15, 0.2) is 11.5 Å². The summed E-state index contributed by atoms with van der Waals surface area (Å²) in [5.41, 5.74) is 7.59. The Hall–Kier alpha value is -3.26. The largest absolute Gasteiger partial charge is 0.396 e. The number of rotatable bonds is 4. The van der Waals surface area contributed by atoms with Crippen LogP contribution in [0, 0.1) is 5.82 Å². The van der Waals surface area contributed by atoms with Gasteiger partial charge in [-0.1, -0.05) is 11.6 Å². The van der Waals surface area contributed by atoms with Crippen molar-refractivity contribution in [2.24, 2.45) is 0 Å². The number of pyridine rings is 1. The first-order valence-corrected chi connectivity index (χ1v) is 9.99. The van der Waals surface area contributed by atoms with Crippen LogP contribution in [0.1, 0.15) is 29.8 Å². The molecule has 2 aromatic heterocycles. The summed E-state index contributed by atoms with van der Waals surface area (Å²) in [6.07, 6.45) is 7.99. The number of hydrogen-bond donors (Lipinski definition) is 2. The lowest BCUT2D eigenvalue weighted by Gasteiger charge is -2.30. The first kappa shape index (κ1) is 20.0. The topological polar surface area (TPSA) is 97.0 Å². The number of benzene rings is 1. The van der Waals surface area contributed by atoms with E-state index in [1.54, 1.807) is 12.4 Å². The lowest BCUT2D eigenvalue weighted by Crippen LogP contribution is -2.30. The quantitative estimate of drug-likeness (QED) is 0.650. The molecular weight excluding hydrogens is 407 g/mol. The van der Waals surface area contributed by atoms with Crippen LogP contribution in [0.4, 0.5) is 21.5 Å². The number of nitrogens with two attached hydrogens (primary N) is 1. The molecule has 3 N–H and O–H groups in total. The molecule has 0 saturated carbocycles. The molecule has 7 nitrogen and oxygen atoms in total. The summed E-state index contributed by atoms with van der Waals surface area (Å²) < 4.78 is 14.3. The van der Waals surface area contributed by atoms with Gasteiger partial charge in [-0.2, -0.15) is 0 Å². The second-order valence-electron chi connectivity index (χ2n) is 7.02. The lowest BCUT2D eigenvalue weighted by atomic mass is 10.1. The van der Waals surface area contributed by atoms with Crippen LogP contribution in [0.2, 0.25) is 5.02 Å². The minimum absolute atomic E-state index is 0.0391. The number of nitrogens with one attached hydrogen (secondary N) is 1. The second-order valence-corrected chi connectivity index (χ2v) is 7.45. The Labute approximate surface area is 178 Å². The molecule has 3 heterocycles. The van der Waals surface area contributed by atoms with Crippen molar-refractivity contribution in [2.75, 3.05) is 29.0 Å². The first-order chi connectivity index (χ1) is 14.5. The van der Waals surface area contributed by atoms with E-state index in [4.69, 9.17) is 17.3 Å². The molecule has 30 heavy (non-hydrogen) atoms. The molecule has 0 bridgehead atoms. The molecular formula is C21H20ClFN6O. The number of amides is 1. The van der Waals surface area contributed by atoms with Crippen LogP contribution in [0.25, 0.3) is 11.4 Å². The van der Waals surface area contributed by atoms with Gasteiger partial charge in [0, 0.05) is 24.3 Å². The van der Waals surface area contributed by atoms with E-state index in [-0.39, 0.29) is 27.8 Å². The van der Waals surface area contributed by atoms with Crippen LogP contribution < -0.4 is 16.0 Å². The Bertz CT molecular complexity index is 1090. The summed E-state index contributed by atoms with van der Waals surface area (Å²) in [5, 5.41) is 3.10. The Morgan fingerprint density at radius 3 is 2.73 bits per heavy atom. The second kappa shape index (κ2) is 8.62. The molecule has 4 rings (SSSR count). The molecule has 1 saturated heterocycles. The molecule has 1 aromatic carbocycles. The van der Waals surface area contributed by atoms with E-state index in [9.17, 15) is 9.18 Å². The van der Waals surface area contributed by atoms with Gasteiger partial charge in [-0.15, -0.1) is 0 Å². The summed E-state index contributed by atoms with van der Waals surface area (Å²) in [5.74, 6) is -1.05. The molecule has 0 atom stereocenters. The fourth-order valence-electron chi connectivity index (χ4n) is 3.45. The van der Waals surface area contributed by atoms with E-state index in [2.05, 4.69) is 25.2 Å². The molecule has 3 aromatic rings. The normalized spacial score (nSPS) is 13.9. The number of hydrogen-bond acceptors (Lipinski definition) is 6. The highest BCUT2D eigenvalue weighted by Gasteiger charge is 2.20. The van der Waals surface area contributed by atoms with Crippen LogP contribution in [-0.4, -0.2) is 33.9 Å². The van der Waals surface area contributed by atoms with E-state index in [1.165, 1.54) is 24.8 Å². The average molecular weight is 427 g/mol. The zero-order valence-electron chi connectivity index (χ0n) is 16.1. The lowest BCUT2D eigenvalue weighted by molar-refractivity contribution is 0.102. The van der Waals surface area contributed by atoms with Crippen molar-refractivity contribution in [2.45, 2.75) is 19.3 Å². The van der Waals surface area contributed by atoms with Crippen molar-refractivity contribution in [1.29, 1.82) is 0 Å². The Morgan fingerprint density at radius 1 is 1.17 bits per heavy atom. The Kier molecular flexibility index (Phi) is 5.76. The molecule has 0 radical (unpaired) electrons. The molecule has 1 fully saturated rings. The molecule has 1 aliphatic rings. The molecule has 154 valence electrons. The molecule has 1 aliphatic heterocycles. The minimum atomic E-state index is -0.585. The molecule has 1 amide bonds. The van der Waals surface area contributed by atoms with Gasteiger partial charge in [-0.05, 0) is 43.5 Å². The van der Waals surface area contributed by atoms with Gasteiger partial charge in [-0.3, -0.25) is 9.78 Å². The Balaban J connectivity index is 1.63. The smallest absolute Gasteiger partial charge is 0.276 e. The van der Waals surface area contributed by atoms with Crippen LogP contribution in [0.3, 0.4) is 0 Å². The predicted molar refractivity (Wildman–Crippen MR) is 115 cm³/mol. The van der Waals surface area contributed by atoms with Crippen LogP contribution in [0.5, 0.6) is 0 Å². The van der Waals surface area contributed by atoms with Crippen molar-refractivity contribution in [1.82, 2.24) is 15.0 Å². The monoisotopic (exact) mass is 426 g/mol. The van der Waals surface area contributed by atoms with Gasteiger partial charge in [0.2, 0.25) is 0 Å². The third-order valence-corrected chi connectivity index (χ3v) is 5.18. The summed E-state index contributed by atoms with van der Waals surface area (Å²) in [4.78, 5) is 27.6. The van der Waals surface area contributed by atoms with Crippen LogP contribution in [0.15, 0.2) is 42.9 Å². The zero-order chi connectivity index (χ0) is 21.1. The highest BCUT2D eigenvalue weighted by Crippen LogP contribution is 2.29. The number of anilines is 3. The van der Waals surface area contributed by atoms with Gasteiger partial charge in [0.05, 0.1) is 35.0 Å². The van der Waals surface area contributed by atoms with E-state index >= 15 is 0 Å². The maximum absolute atomic E-state index is 14.3. The number of carbonyl (C=O) groups is 1. The summed E-state index contributed by atoms with van der Waals surface area (Å²) in [6, 6.07) is 6.02. The van der Waals surface area contributed by atoms with Crippen molar-refractivity contribution in [3.05, 3.63) is 59.4 Å². The highest BCUT2D eigenvalue weighted by molar-refractivity contribution is 6.30. The van der Waals surface area contributed by atoms with Crippen molar-refractivity contribution in [3.8, 4) is 11.4 Å². The van der Waals surface area contributed by atoms with Crippen molar-refractivity contribution >= 4 is 34.6 Å². The predicted octanol–water partition coefficient (Wildman–Crippen LogP) is 4.16. The van der Waals surface area contributed by atoms with E-state index < -0.39 is 11.7 Å². The van der Waals surface area contributed by atoms with Gasteiger partial charge in [-0.25, -0.2) is 14.4 Å². The number of nitrogen functional groups attached to an aromatic ring is 1. The number of aromatic nitrogens is 3. The fourth-order valence-corrected chi connectivity index (χ4v) is 3.61. The van der Waals surface area contributed by atoms with E-state index in [0.717, 1.165) is 37.7 Å². The van der Waals surface area contributed by atoms with Crippen molar-refractivity contribution in [3.63, 3.8) is 0 Å². The van der Waals surface area contributed by atoms with Gasteiger partial charge >= 0.3 is 0 Å². The SMILES string of the molecule is Nc1cnc(-c2ccc(Cl)cc2F)nc1C(=O)Nc1cnccc1N1CCCCC1. The zero-order valence-corrected chi connectivity index (χ0v) is 16.9. The Morgan fingerprint density at radius 2 is 1.97 bits per heavy atom. The molecule has 9 heteroatoms. The maximum Gasteiger partial charge on any atom is 0.276 e. The summed E-state index contributed by atoms with van der Waals surface area (Å²) >= 11 is 5.81. The highest BCUT2D eigenvalue weighted by atomic mass is 35.5. The van der Waals surface area contributed by atoms with Gasteiger partial charge in [0.25, 0.3) is 5.91 Å². The molecule has 0 aliphatic carbocycles. The third-order valence-electron chi connectivity index (χ3n) is 4.95. The standard InChI is InChI=1S/C21H20ClFN6O/c22-13-4-5-14(15(23)10-13)20-26-11-16(24)19(28-20)21(30)27-17-12-25-7-6-18(17)29-8-2-1-3-9-29/h4-7,10-12H,1-3,8-9,24H2,(H,27,30). The van der Waals surface area contributed by atoms with E-state index in [0.29, 0.717) is 5.69 Å². The summed E-state index contributed by atoms with van der Waals surface area (Å²) in [6.45, 7) is 1.84. The minimum Gasteiger partial charge on any atom is -0.396 e. The van der Waals surface area contributed by atoms with Crippen molar-refractivity contribution < 1.29 is 9.18 Å². The maximum atomic E-state index is 14.3. The number of piperidine rings is 1. The van der Waals surface area contributed by atoms with Gasteiger partial charge in [0.1, 0.15) is 5.82 Å². The number of nitrogens with zero attached hydrogens (tertiary/aromatic N) is 4. The van der Waals surface area contributed by atoms with Gasteiger partial charge < -0.3 is 16.0 Å². The fraction of sp³-hybridized carbons (Fsp3) is 0.238.